The molecule has 2 amide bonds. The summed E-state index contributed by atoms with van der Waals surface area (Å²) >= 11 is 1.18. The number of anilines is 1. The summed E-state index contributed by atoms with van der Waals surface area (Å²) in [6.45, 7) is 7.08. The lowest BCUT2D eigenvalue weighted by atomic mass is 9.83. The minimum absolute atomic E-state index is 0.0212. The van der Waals surface area contributed by atoms with Gasteiger partial charge in [-0.05, 0) is 12.8 Å². The number of allylic oxidation sites excluding steroid dienone is 1. The highest BCUT2D eigenvalue weighted by molar-refractivity contribution is 7.14. The molecular formula is C18H20N4O5S. The predicted octanol–water partition coefficient (Wildman–Crippen LogP) is 1.65. The third-order valence-electron chi connectivity index (χ3n) is 4.37. The van der Waals surface area contributed by atoms with Crippen LogP contribution in [0.5, 0.6) is 0 Å². The first-order valence-corrected chi connectivity index (χ1v) is 9.46. The van der Waals surface area contributed by atoms with Crippen LogP contribution in [0.25, 0.3) is 5.57 Å². The first-order valence-electron chi connectivity index (χ1n) is 8.58. The number of esters is 1. The van der Waals surface area contributed by atoms with E-state index in [4.69, 9.17) is 15.2 Å². The maximum Gasteiger partial charge on any atom is 0.413 e. The van der Waals surface area contributed by atoms with Gasteiger partial charge in [-0.25, -0.2) is 14.6 Å². The Morgan fingerprint density at radius 1 is 1.36 bits per heavy atom. The van der Waals surface area contributed by atoms with Gasteiger partial charge in [0, 0.05) is 11.0 Å². The fraction of sp³-hybridized carbons (Fsp3) is 0.333. The molecule has 3 rings (SSSR count). The molecule has 2 aliphatic rings. The molecule has 0 spiro atoms. The fourth-order valence-corrected chi connectivity index (χ4v) is 3.82. The van der Waals surface area contributed by atoms with Crippen molar-refractivity contribution in [2.45, 2.75) is 24.9 Å². The second kappa shape index (κ2) is 8.36. The summed E-state index contributed by atoms with van der Waals surface area (Å²) < 4.78 is 10.0. The standard InChI is InChI=1S/C18H20N4O5S/c1-3-7-26-16(24)14-10(5-6-12-13(19)15(23)22(12)14)11-9-28-17(20-11)21-18(25)27-8-4-2/h3-4,9,12-13H,1-2,5-8,19H2,(H,20,21,25)/t12-,13+/m1/s1. The zero-order valence-corrected chi connectivity index (χ0v) is 15.9. The first-order chi connectivity index (χ1) is 13.5. The number of nitrogens with one attached hydrogen (secondary N) is 1. The van der Waals surface area contributed by atoms with Crippen molar-refractivity contribution in [3.63, 3.8) is 0 Å². The molecule has 0 radical (unpaired) electrons. The number of aromatic nitrogens is 1. The molecule has 0 saturated carbocycles. The van der Waals surface area contributed by atoms with Gasteiger partial charge in [-0.15, -0.1) is 11.3 Å². The Balaban J connectivity index is 1.88. The summed E-state index contributed by atoms with van der Waals surface area (Å²) in [5, 5.41) is 4.52. The van der Waals surface area contributed by atoms with Crippen LogP contribution in [0.1, 0.15) is 18.5 Å². The molecule has 1 fully saturated rings. The summed E-state index contributed by atoms with van der Waals surface area (Å²) in [7, 11) is 0. The minimum Gasteiger partial charge on any atom is -0.457 e. The predicted molar refractivity (Wildman–Crippen MR) is 103 cm³/mol. The molecule has 10 heteroatoms. The molecule has 28 heavy (non-hydrogen) atoms. The first kappa shape index (κ1) is 19.8. The molecule has 0 bridgehead atoms. The smallest absolute Gasteiger partial charge is 0.413 e. The molecule has 0 aliphatic carbocycles. The number of ether oxygens (including phenoxy) is 2. The molecule has 2 aliphatic heterocycles. The Morgan fingerprint density at radius 2 is 2.07 bits per heavy atom. The zero-order chi connectivity index (χ0) is 20.3. The number of nitrogens with zero attached hydrogens (tertiary/aromatic N) is 2. The maximum atomic E-state index is 12.6. The second-order valence-corrected chi connectivity index (χ2v) is 6.96. The Kier molecular flexibility index (Phi) is 5.90. The SMILES string of the molecule is C=CCOC(=O)Nc1nc(C2=C(C(=O)OCC=C)N3C(=O)[C@@H](N)[C@H]3CC2)cs1. The van der Waals surface area contributed by atoms with Crippen LogP contribution in [0.2, 0.25) is 0 Å². The van der Waals surface area contributed by atoms with Gasteiger partial charge in [0.1, 0.15) is 25.0 Å². The van der Waals surface area contributed by atoms with E-state index in [9.17, 15) is 14.4 Å². The van der Waals surface area contributed by atoms with E-state index in [1.807, 2.05) is 0 Å². The summed E-state index contributed by atoms with van der Waals surface area (Å²) in [4.78, 5) is 42.2. The van der Waals surface area contributed by atoms with E-state index >= 15 is 0 Å². The molecule has 148 valence electrons. The maximum absolute atomic E-state index is 12.6. The van der Waals surface area contributed by atoms with Gasteiger partial charge in [0.2, 0.25) is 5.91 Å². The number of thiazole rings is 1. The van der Waals surface area contributed by atoms with Gasteiger partial charge in [0.25, 0.3) is 0 Å². The Bertz CT molecular complexity index is 862. The molecule has 9 nitrogen and oxygen atoms in total. The topological polar surface area (TPSA) is 124 Å². The van der Waals surface area contributed by atoms with Crippen molar-refractivity contribution in [2.24, 2.45) is 5.73 Å². The number of carbonyl (C=O) groups is 3. The fourth-order valence-electron chi connectivity index (χ4n) is 3.11. The number of hydrogen-bond acceptors (Lipinski definition) is 8. The van der Waals surface area contributed by atoms with E-state index in [0.29, 0.717) is 29.2 Å². The molecule has 0 aromatic carbocycles. The van der Waals surface area contributed by atoms with Crippen LogP contribution >= 0.6 is 11.3 Å². The number of nitrogens with two attached hydrogens (primary N) is 1. The van der Waals surface area contributed by atoms with Gasteiger partial charge in [0.05, 0.1) is 11.7 Å². The largest absolute Gasteiger partial charge is 0.457 e. The highest BCUT2D eigenvalue weighted by Crippen LogP contribution is 2.40. The van der Waals surface area contributed by atoms with Gasteiger partial charge in [-0.1, -0.05) is 25.3 Å². The van der Waals surface area contributed by atoms with E-state index in [2.05, 4.69) is 23.5 Å². The van der Waals surface area contributed by atoms with Crippen molar-refractivity contribution in [1.82, 2.24) is 9.88 Å². The van der Waals surface area contributed by atoms with Gasteiger partial charge < -0.3 is 15.2 Å². The van der Waals surface area contributed by atoms with Crippen molar-refractivity contribution in [3.8, 4) is 0 Å². The van der Waals surface area contributed by atoms with Crippen LogP contribution in [0.4, 0.5) is 9.93 Å². The lowest BCUT2D eigenvalue weighted by Gasteiger charge is -2.48. The molecule has 3 N–H and O–H groups in total. The van der Waals surface area contributed by atoms with Crippen molar-refractivity contribution in [2.75, 3.05) is 18.5 Å². The lowest BCUT2D eigenvalue weighted by Crippen LogP contribution is -2.69. The number of amides is 2. The normalized spacial score (nSPS) is 20.8. The molecule has 1 saturated heterocycles. The van der Waals surface area contributed by atoms with Crippen LogP contribution in [0.3, 0.4) is 0 Å². The van der Waals surface area contributed by atoms with E-state index in [1.165, 1.54) is 28.4 Å². The molecule has 3 heterocycles. The number of hydrogen-bond donors (Lipinski definition) is 2. The van der Waals surface area contributed by atoms with Crippen molar-refractivity contribution in [3.05, 3.63) is 42.1 Å². The summed E-state index contributed by atoms with van der Waals surface area (Å²) in [6.07, 6.45) is 3.36. The zero-order valence-electron chi connectivity index (χ0n) is 15.1. The van der Waals surface area contributed by atoms with Gasteiger partial charge in [-0.3, -0.25) is 15.0 Å². The monoisotopic (exact) mass is 404 g/mol. The Hall–Kier alpha value is -2.98. The van der Waals surface area contributed by atoms with Crippen molar-refractivity contribution >= 4 is 40.0 Å². The highest BCUT2D eigenvalue weighted by Gasteiger charge is 2.51. The third-order valence-corrected chi connectivity index (χ3v) is 5.12. The molecule has 2 atom stereocenters. The molecule has 1 aromatic heterocycles. The quantitative estimate of drug-likeness (QED) is 0.402. The lowest BCUT2D eigenvalue weighted by molar-refractivity contribution is -0.154. The van der Waals surface area contributed by atoms with E-state index in [0.717, 1.165) is 0 Å². The van der Waals surface area contributed by atoms with E-state index < -0.39 is 18.1 Å². The minimum atomic E-state index is -0.659. The Labute approximate surface area is 165 Å². The summed E-state index contributed by atoms with van der Waals surface area (Å²) in [5.41, 5.74) is 7.07. The van der Waals surface area contributed by atoms with Crippen LogP contribution in [0, 0.1) is 0 Å². The molecular weight excluding hydrogens is 384 g/mol. The van der Waals surface area contributed by atoms with Gasteiger partial charge in [-0.2, -0.15) is 0 Å². The number of fused-ring (bicyclic) bond motifs is 1. The van der Waals surface area contributed by atoms with Crippen LogP contribution < -0.4 is 11.1 Å². The summed E-state index contributed by atoms with van der Waals surface area (Å²) in [6, 6.07) is -0.844. The van der Waals surface area contributed by atoms with Crippen molar-refractivity contribution in [1.29, 1.82) is 0 Å². The van der Waals surface area contributed by atoms with Crippen LogP contribution in [-0.2, 0) is 19.1 Å². The highest BCUT2D eigenvalue weighted by atomic mass is 32.1. The third kappa shape index (κ3) is 3.69. The van der Waals surface area contributed by atoms with E-state index in [1.54, 1.807) is 5.38 Å². The van der Waals surface area contributed by atoms with Gasteiger partial charge in [0.15, 0.2) is 5.13 Å². The van der Waals surface area contributed by atoms with Crippen LogP contribution in [-0.4, -0.2) is 53.2 Å². The number of β-lactam (4-membered cyclic amide) rings is 1. The number of rotatable bonds is 7. The van der Waals surface area contributed by atoms with Crippen molar-refractivity contribution < 1.29 is 23.9 Å². The van der Waals surface area contributed by atoms with Crippen LogP contribution in [0.15, 0.2) is 36.4 Å². The molecule has 1 aromatic rings. The summed E-state index contributed by atoms with van der Waals surface area (Å²) in [5.74, 6) is -0.956. The van der Waals surface area contributed by atoms with Gasteiger partial charge >= 0.3 is 12.1 Å². The molecule has 0 unspecified atom stereocenters. The van der Waals surface area contributed by atoms with E-state index in [-0.39, 0.29) is 30.9 Å². The Morgan fingerprint density at radius 3 is 2.79 bits per heavy atom. The average molecular weight is 404 g/mol. The average Bonchev–Trinajstić information content (AvgIpc) is 3.16. The number of carbonyl (C=O) groups excluding carboxylic acids is 3. The second-order valence-electron chi connectivity index (χ2n) is 6.10.